The van der Waals surface area contributed by atoms with Gasteiger partial charge in [-0.25, -0.2) is 9.78 Å². The number of carbonyl (C=O) groups excluding carboxylic acids is 2. The Morgan fingerprint density at radius 1 is 1.38 bits per heavy atom. The minimum absolute atomic E-state index is 0.0564. The fraction of sp³-hybridized carbons (Fsp3) is 0.533. The average molecular weight is 344 g/mol. The summed E-state index contributed by atoms with van der Waals surface area (Å²) in [5, 5.41) is 5.41. The largest absolute Gasteiger partial charge is 0.433 e. The molecule has 0 spiro atoms. The Bertz CT molecular complexity index is 607. The Labute approximate surface area is 137 Å². The highest BCUT2D eigenvalue weighted by atomic mass is 19.4. The molecule has 0 saturated carbocycles. The van der Waals surface area contributed by atoms with E-state index in [1.54, 1.807) is 4.90 Å². The third-order valence-corrected chi connectivity index (χ3v) is 3.61. The monoisotopic (exact) mass is 344 g/mol. The van der Waals surface area contributed by atoms with E-state index in [0.717, 1.165) is 6.07 Å². The van der Waals surface area contributed by atoms with Gasteiger partial charge in [0.25, 0.3) is 0 Å². The first-order valence-corrected chi connectivity index (χ1v) is 7.65. The summed E-state index contributed by atoms with van der Waals surface area (Å²) in [6, 6.07) is 3.08. The van der Waals surface area contributed by atoms with Crippen molar-refractivity contribution in [2.45, 2.75) is 32.0 Å². The molecule has 24 heavy (non-hydrogen) atoms. The summed E-state index contributed by atoms with van der Waals surface area (Å²) >= 11 is 0. The van der Waals surface area contributed by atoms with Crippen molar-refractivity contribution in [3.63, 3.8) is 0 Å². The molecule has 1 aromatic heterocycles. The molecule has 0 bridgehead atoms. The van der Waals surface area contributed by atoms with Gasteiger partial charge < -0.3 is 15.5 Å². The van der Waals surface area contributed by atoms with Crippen LogP contribution in [0.15, 0.2) is 18.2 Å². The van der Waals surface area contributed by atoms with Gasteiger partial charge in [0.1, 0.15) is 5.69 Å². The van der Waals surface area contributed by atoms with E-state index < -0.39 is 17.8 Å². The maximum absolute atomic E-state index is 12.6. The molecular formula is C15H19F3N4O2. The second-order valence-electron chi connectivity index (χ2n) is 5.52. The number of urea groups is 1. The van der Waals surface area contributed by atoms with Crippen molar-refractivity contribution in [2.24, 2.45) is 0 Å². The summed E-state index contributed by atoms with van der Waals surface area (Å²) in [5.41, 5.74) is -0.961. The second-order valence-corrected chi connectivity index (χ2v) is 5.52. The lowest BCUT2D eigenvalue weighted by Crippen LogP contribution is -2.42. The molecule has 1 saturated heterocycles. The Balaban J connectivity index is 1.87. The first-order valence-electron chi connectivity index (χ1n) is 7.65. The maximum atomic E-state index is 12.6. The van der Waals surface area contributed by atoms with Crippen molar-refractivity contribution in [3.8, 4) is 0 Å². The van der Waals surface area contributed by atoms with Gasteiger partial charge in [0.2, 0.25) is 5.91 Å². The number of hydrogen-bond donors (Lipinski definition) is 2. The van der Waals surface area contributed by atoms with E-state index in [1.165, 1.54) is 12.1 Å². The summed E-state index contributed by atoms with van der Waals surface area (Å²) in [5.74, 6) is -0.412. The lowest BCUT2D eigenvalue weighted by Gasteiger charge is -2.17. The van der Waals surface area contributed by atoms with Gasteiger partial charge in [0.05, 0.1) is 12.1 Å². The Morgan fingerprint density at radius 3 is 2.79 bits per heavy atom. The molecule has 132 valence electrons. The lowest BCUT2D eigenvalue weighted by molar-refractivity contribution is -0.141. The zero-order valence-electron chi connectivity index (χ0n) is 13.2. The SMILES string of the molecule is CCNC(=O)N1CCC(NC(=O)Cc2cccc(C(F)(F)F)n2)C1. The lowest BCUT2D eigenvalue weighted by atomic mass is 10.2. The smallest absolute Gasteiger partial charge is 0.351 e. The minimum Gasteiger partial charge on any atom is -0.351 e. The molecule has 0 aromatic carbocycles. The normalized spacial score (nSPS) is 17.7. The summed E-state index contributed by atoms with van der Waals surface area (Å²) in [6.07, 6.45) is -4.16. The van der Waals surface area contributed by atoms with Gasteiger partial charge in [-0.15, -0.1) is 0 Å². The molecule has 9 heteroatoms. The van der Waals surface area contributed by atoms with Crippen molar-refractivity contribution in [1.29, 1.82) is 0 Å². The first-order chi connectivity index (χ1) is 11.3. The van der Waals surface area contributed by atoms with Gasteiger partial charge in [0, 0.05) is 25.7 Å². The van der Waals surface area contributed by atoms with E-state index in [9.17, 15) is 22.8 Å². The molecule has 2 heterocycles. The van der Waals surface area contributed by atoms with Gasteiger partial charge in [-0.2, -0.15) is 13.2 Å². The predicted molar refractivity (Wildman–Crippen MR) is 80.1 cm³/mol. The summed E-state index contributed by atoms with van der Waals surface area (Å²) in [4.78, 5) is 28.7. The number of alkyl halides is 3. The van der Waals surface area contributed by atoms with Gasteiger partial charge in [-0.05, 0) is 25.5 Å². The van der Waals surface area contributed by atoms with Crippen LogP contribution in [0, 0.1) is 0 Å². The van der Waals surface area contributed by atoms with Crippen LogP contribution in [0.4, 0.5) is 18.0 Å². The number of carbonyl (C=O) groups is 2. The number of halogens is 3. The number of nitrogens with one attached hydrogen (secondary N) is 2. The molecule has 3 amide bonds. The van der Waals surface area contributed by atoms with E-state index in [4.69, 9.17) is 0 Å². The van der Waals surface area contributed by atoms with Crippen molar-refractivity contribution in [1.82, 2.24) is 20.5 Å². The van der Waals surface area contributed by atoms with Gasteiger partial charge in [-0.3, -0.25) is 4.79 Å². The quantitative estimate of drug-likeness (QED) is 0.871. The van der Waals surface area contributed by atoms with Crippen LogP contribution in [0.1, 0.15) is 24.7 Å². The van der Waals surface area contributed by atoms with Crippen LogP contribution < -0.4 is 10.6 Å². The van der Waals surface area contributed by atoms with E-state index in [1.807, 2.05) is 6.92 Å². The molecule has 2 N–H and O–H groups in total. The zero-order valence-corrected chi connectivity index (χ0v) is 13.2. The molecule has 1 unspecified atom stereocenters. The molecular weight excluding hydrogens is 325 g/mol. The van der Waals surface area contributed by atoms with Crippen molar-refractivity contribution in [3.05, 3.63) is 29.6 Å². The molecule has 2 rings (SSSR count). The van der Waals surface area contributed by atoms with Crippen LogP contribution in [0.2, 0.25) is 0 Å². The molecule has 1 aliphatic rings. The maximum Gasteiger partial charge on any atom is 0.433 e. The summed E-state index contributed by atoms with van der Waals surface area (Å²) in [6.45, 7) is 3.25. The van der Waals surface area contributed by atoms with Gasteiger partial charge >= 0.3 is 12.2 Å². The molecule has 1 atom stereocenters. The van der Waals surface area contributed by atoms with Crippen LogP contribution in [-0.4, -0.2) is 47.5 Å². The highest BCUT2D eigenvalue weighted by Gasteiger charge is 2.32. The van der Waals surface area contributed by atoms with E-state index in [0.29, 0.717) is 26.1 Å². The Morgan fingerprint density at radius 2 is 2.12 bits per heavy atom. The van der Waals surface area contributed by atoms with Crippen molar-refractivity contribution >= 4 is 11.9 Å². The topological polar surface area (TPSA) is 74.3 Å². The number of amides is 3. The fourth-order valence-electron chi connectivity index (χ4n) is 2.50. The zero-order chi connectivity index (χ0) is 17.7. The minimum atomic E-state index is -4.54. The highest BCUT2D eigenvalue weighted by Crippen LogP contribution is 2.27. The molecule has 1 fully saturated rings. The standard InChI is InChI=1S/C15H19F3N4O2/c1-2-19-14(24)22-7-6-11(9-22)21-13(23)8-10-4-3-5-12(20-10)15(16,17)18/h3-5,11H,2,6-9H2,1H3,(H,19,24)(H,21,23). The van der Waals surface area contributed by atoms with Crippen LogP contribution in [0.5, 0.6) is 0 Å². The second kappa shape index (κ2) is 7.50. The van der Waals surface area contributed by atoms with E-state index in [-0.39, 0.29) is 24.2 Å². The van der Waals surface area contributed by atoms with Crippen molar-refractivity contribution < 1.29 is 22.8 Å². The molecule has 1 aliphatic heterocycles. The first kappa shape index (κ1) is 18.0. The molecule has 0 radical (unpaired) electrons. The third-order valence-electron chi connectivity index (χ3n) is 3.61. The Kier molecular flexibility index (Phi) is 5.63. The fourth-order valence-corrected chi connectivity index (χ4v) is 2.50. The van der Waals surface area contributed by atoms with Gasteiger partial charge in [-0.1, -0.05) is 6.07 Å². The van der Waals surface area contributed by atoms with E-state index >= 15 is 0 Å². The van der Waals surface area contributed by atoms with Crippen LogP contribution in [0.3, 0.4) is 0 Å². The van der Waals surface area contributed by atoms with Crippen molar-refractivity contribution in [2.75, 3.05) is 19.6 Å². The number of nitrogens with zero attached hydrogens (tertiary/aromatic N) is 2. The van der Waals surface area contributed by atoms with Gasteiger partial charge in [0.15, 0.2) is 0 Å². The predicted octanol–water partition coefficient (Wildman–Crippen LogP) is 1.56. The van der Waals surface area contributed by atoms with Crippen LogP contribution >= 0.6 is 0 Å². The number of aromatic nitrogens is 1. The molecule has 0 aliphatic carbocycles. The summed E-state index contributed by atoms with van der Waals surface area (Å²) < 4.78 is 37.8. The average Bonchev–Trinajstić information content (AvgIpc) is 2.95. The van der Waals surface area contributed by atoms with E-state index in [2.05, 4.69) is 15.6 Å². The Hall–Kier alpha value is -2.32. The van der Waals surface area contributed by atoms with Crippen LogP contribution in [-0.2, 0) is 17.4 Å². The van der Waals surface area contributed by atoms with Crippen LogP contribution in [0.25, 0.3) is 0 Å². The summed E-state index contributed by atoms with van der Waals surface area (Å²) in [7, 11) is 0. The highest BCUT2D eigenvalue weighted by molar-refractivity contribution is 5.79. The number of likely N-dealkylation sites (tertiary alicyclic amines) is 1. The molecule has 6 nitrogen and oxygen atoms in total. The number of rotatable bonds is 4. The third kappa shape index (κ3) is 4.84. The number of pyridine rings is 1. The number of hydrogen-bond acceptors (Lipinski definition) is 3. The molecule has 1 aromatic rings.